The molecule has 2 heterocycles. The van der Waals surface area contributed by atoms with Crippen molar-refractivity contribution in [2.75, 3.05) is 29.9 Å². The normalized spacial score (nSPS) is 19.7. The van der Waals surface area contributed by atoms with Crippen LogP contribution in [0.2, 0.25) is 0 Å². The molecule has 15 heavy (non-hydrogen) atoms. The van der Waals surface area contributed by atoms with Gasteiger partial charge in [-0.15, -0.1) is 0 Å². The van der Waals surface area contributed by atoms with Gasteiger partial charge in [0.15, 0.2) is 0 Å². The average molecular weight is 202 g/mol. The number of nitrogens with one attached hydrogen (secondary N) is 1. The van der Waals surface area contributed by atoms with Gasteiger partial charge < -0.3 is 10.2 Å². The second-order valence-corrected chi connectivity index (χ2v) is 4.70. The first-order valence-corrected chi connectivity index (χ1v) is 5.98. The fraction of sp³-hybridized carbons (Fsp3) is 0.538. The van der Waals surface area contributed by atoms with Crippen molar-refractivity contribution in [1.82, 2.24) is 0 Å². The molecule has 3 rings (SSSR count). The molecule has 80 valence electrons. The Morgan fingerprint density at radius 1 is 1.40 bits per heavy atom. The number of anilines is 2. The Balaban J connectivity index is 1.77. The Morgan fingerprint density at radius 3 is 3.07 bits per heavy atom. The maximum atomic E-state index is 3.40. The lowest BCUT2D eigenvalue weighted by Gasteiger charge is -2.41. The number of benzene rings is 1. The standard InChI is InChI=1S/C13H18N2/c1-2-10-8-15(9-10)12-3-4-13-11(7-12)5-6-14-13/h3-4,7,10,14H,2,5-6,8-9H2,1H3. The first-order valence-electron chi connectivity index (χ1n) is 5.98. The molecule has 0 unspecified atom stereocenters. The van der Waals surface area contributed by atoms with Crippen LogP contribution in [0.4, 0.5) is 11.4 Å². The van der Waals surface area contributed by atoms with Gasteiger partial charge in [-0.3, -0.25) is 0 Å². The molecule has 1 N–H and O–H groups in total. The summed E-state index contributed by atoms with van der Waals surface area (Å²) in [7, 11) is 0. The summed E-state index contributed by atoms with van der Waals surface area (Å²) in [5.74, 6) is 0.927. The molecule has 0 saturated carbocycles. The molecular formula is C13H18N2. The Kier molecular flexibility index (Phi) is 2.08. The van der Waals surface area contributed by atoms with E-state index in [1.165, 1.54) is 42.9 Å². The van der Waals surface area contributed by atoms with Gasteiger partial charge in [0.25, 0.3) is 0 Å². The third-order valence-electron chi connectivity index (χ3n) is 3.70. The second kappa shape index (κ2) is 3.44. The van der Waals surface area contributed by atoms with Crippen molar-refractivity contribution >= 4 is 11.4 Å². The average Bonchev–Trinajstić information content (AvgIpc) is 2.63. The van der Waals surface area contributed by atoms with Crippen molar-refractivity contribution < 1.29 is 0 Å². The molecular weight excluding hydrogens is 184 g/mol. The SMILES string of the molecule is CCC1CN(c2ccc3c(c2)CCN3)C1. The van der Waals surface area contributed by atoms with Gasteiger partial charge in [-0.25, -0.2) is 0 Å². The molecule has 1 aromatic carbocycles. The second-order valence-electron chi connectivity index (χ2n) is 4.70. The third kappa shape index (κ3) is 1.48. The maximum absolute atomic E-state index is 3.40. The fourth-order valence-electron chi connectivity index (χ4n) is 2.53. The third-order valence-corrected chi connectivity index (χ3v) is 3.70. The van der Waals surface area contributed by atoms with Crippen LogP contribution < -0.4 is 10.2 Å². The summed E-state index contributed by atoms with van der Waals surface area (Å²) in [5, 5.41) is 3.40. The van der Waals surface area contributed by atoms with E-state index in [0.717, 1.165) is 12.5 Å². The molecule has 2 heteroatoms. The molecule has 1 fully saturated rings. The zero-order valence-corrected chi connectivity index (χ0v) is 9.29. The van der Waals surface area contributed by atoms with Gasteiger partial charge in [-0.1, -0.05) is 6.92 Å². The van der Waals surface area contributed by atoms with Crippen molar-refractivity contribution in [1.29, 1.82) is 0 Å². The highest BCUT2D eigenvalue weighted by atomic mass is 15.2. The minimum absolute atomic E-state index is 0.927. The zero-order chi connectivity index (χ0) is 10.3. The first-order chi connectivity index (χ1) is 7.36. The monoisotopic (exact) mass is 202 g/mol. The van der Waals surface area contributed by atoms with Gasteiger partial charge in [-0.2, -0.15) is 0 Å². The summed E-state index contributed by atoms with van der Waals surface area (Å²) in [5.41, 5.74) is 4.25. The number of fused-ring (bicyclic) bond motifs is 1. The van der Waals surface area contributed by atoms with Gasteiger partial charge in [0.05, 0.1) is 0 Å². The van der Waals surface area contributed by atoms with Crippen LogP contribution in [0.25, 0.3) is 0 Å². The van der Waals surface area contributed by atoms with Crippen LogP contribution in [-0.2, 0) is 6.42 Å². The fourth-order valence-corrected chi connectivity index (χ4v) is 2.53. The molecule has 1 saturated heterocycles. The van der Waals surface area contributed by atoms with Crippen LogP contribution >= 0.6 is 0 Å². The largest absolute Gasteiger partial charge is 0.384 e. The van der Waals surface area contributed by atoms with Crippen molar-refractivity contribution in [3.8, 4) is 0 Å². The minimum Gasteiger partial charge on any atom is -0.384 e. The van der Waals surface area contributed by atoms with Gasteiger partial charge >= 0.3 is 0 Å². The van der Waals surface area contributed by atoms with E-state index in [9.17, 15) is 0 Å². The van der Waals surface area contributed by atoms with Crippen molar-refractivity contribution in [2.45, 2.75) is 19.8 Å². The van der Waals surface area contributed by atoms with Gasteiger partial charge in [-0.05, 0) is 42.5 Å². The quantitative estimate of drug-likeness (QED) is 0.792. The number of hydrogen-bond acceptors (Lipinski definition) is 2. The van der Waals surface area contributed by atoms with E-state index in [1.54, 1.807) is 0 Å². The number of nitrogens with zero attached hydrogens (tertiary/aromatic N) is 1. The summed E-state index contributed by atoms with van der Waals surface area (Å²) in [6, 6.07) is 6.85. The number of rotatable bonds is 2. The lowest BCUT2D eigenvalue weighted by Crippen LogP contribution is -2.46. The van der Waals surface area contributed by atoms with Gasteiger partial charge in [0.1, 0.15) is 0 Å². The topological polar surface area (TPSA) is 15.3 Å². The minimum atomic E-state index is 0.927. The maximum Gasteiger partial charge on any atom is 0.0375 e. The summed E-state index contributed by atoms with van der Waals surface area (Å²) in [6.45, 7) is 5.90. The Labute approximate surface area is 91.3 Å². The first kappa shape index (κ1) is 9.08. The van der Waals surface area contributed by atoms with Crippen LogP contribution in [0.1, 0.15) is 18.9 Å². The van der Waals surface area contributed by atoms with E-state index >= 15 is 0 Å². The van der Waals surface area contributed by atoms with Gasteiger partial charge in [0, 0.05) is 31.0 Å². The smallest absolute Gasteiger partial charge is 0.0375 e. The van der Waals surface area contributed by atoms with E-state index in [4.69, 9.17) is 0 Å². The molecule has 2 aliphatic heterocycles. The van der Waals surface area contributed by atoms with E-state index in [0.29, 0.717) is 0 Å². The lowest BCUT2D eigenvalue weighted by atomic mass is 9.96. The summed E-state index contributed by atoms with van der Waals surface area (Å²) in [6.07, 6.45) is 2.51. The Hall–Kier alpha value is -1.18. The molecule has 0 aliphatic carbocycles. The Bertz CT molecular complexity index is 367. The van der Waals surface area contributed by atoms with Crippen LogP contribution in [-0.4, -0.2) is 19.6 Å². The molecule has 0 radical (unpaired) electrons. The summed E-state index contributed by atoms with van der Waals surface area (Å²) < 4.78 is 0. The number of hydrogen-bond donors (Lipinski definition) is 1. The van der Waals surface area contributed by atoms with Crippen molar-refractivity contribution in [2.24, 2.45) is 5.92 Å². The van der Waals surface area contributed by atoms with E-state index < -0.39 is 0 Å². The van der Waals surface area contributed by atoms with Crippen LogP contribution in [0.15, 0.2) is 18.2 Å². The molecule has 0 spiro atoms. The highest BCUT2D eigenvalue weighted by Crippen LogP contribution is 2.31. The van der Waals surface area contributed by atoms with Crippen LogP contribution in [0, 0.1) is 5.92 Å². The van der Waals surface area contributed by atoms with E-state index in [1.807, 2.05) is 0 Å². The lowest BCUT2D eigenvalue weighted by molar-refractivity contribution is 0.399. The van der Waals surface area contributed by atoms with Crippen molar-refractivity contribution in [3.63, 3.8) is 0 Å². The van der Waals surface area contributed by atoms with Crippen LogP contribution in [0.5, 0.6) is 0 Å². The molecule has 0 atom stereocenters. The predicted molar refractivity (Wildman–Crippen MR) is 64.6 cm³/mol. The molecule has 2 nitrogen and oxygen atoms in total. The Morgan fingerprint density at radius 2 is 2.27 bits per heavy atom. The van der Waals surface area contributed by atoms with Crippen molar-refractivity contribution in [3.05, 3.63) is 23.8 Å². The van der Waals surface area contributed by atoms with Crippen LogP contribution in [0.3, 0.4) is 0 Å². The summed E-state index contributed by atoms with van der Waals surface area (Å²) >= 11 is 0. The molecule has 2 aliphatic rings. The summed E-state index contributed by atoms with van der Waals surface area (Å²) in [4.78, 5) is 2.49. The molecule has 0 bridgehead atoms. The van der Waals surface area contributed by atoms with E-state index in [2.05, 4.69) is 35.3 Å². The highest BCUT2D eigenvalue weighted by Gasteiger charge is 2.25. The molecule has 0 aromatic heterocycles. The van der Waals surface area contributed by atoms with E-state index in [-0.39, 0.29) is 0 Å². The highest BCUT2D eigenvalue weighted by molar-refractivity contribution is 5.63. The molecule has 1 aromatic rings. The van der Waals surface area contributed by atoms with Gasteiger partial charge in [0.2, 0.25) is 0 Å². The molecule has 0 amide bonds. The zero-order valence-electron chi connectivity index (χ0n) is 9.29. The predicted octanol–water partition coefficient (Wildman–Crippen LogP) is 2.50.